The van der Waals surface area contributed by atoms with E-state index in [-0.39, 0.29) is 18.5 Å². The zero-order valence-corrected chi connectivity index (χ0v) is 14.2. The molecule has 0 saturated carbocycles. The Hall–Kier alpha value is -2.28. The molecule has 6 nitrogen and oxygen atoms in total. The van der Waals surface area contributed by atoms with Crippen molar-refractivity contribution in [3.8, 4) is 0 Å². The molecule has 0 radical (unpaired) electrons. The van der Waals surface area contributed by atoms with Gasteiger partial charge in [0, 0.05) is 0 Å². The number of fused-ring (bicyclic) bond motifs is 2. The third-order valence-corrected chi connectivity index (χ3v) is 5.59. The number of urea groups is 1. The highest BCUT2D eigenvalue weighted by Gasteiger charge is 2.53. The molecule has 1 aliphatic heterocycles. The van der Waals surface area contributed by atoms with Gasteiger partial charge >= 0.3 is 6.03 Å². The molecule has 3 amide bonds. The van der Waals surface area contributed by atoms with Crippen molar-refractivity contribution in [2.75, 3.05) is 0 Å². The van der Waals surface area contributed by atoms with Crippen LogP contribution in [-0.4, -0.2) is 27.0 Å². The number of benzene rings is 1. The Morgan fingerprint density at radius 1 is 1.25 bits per heavy atom. The summed E-state index contributed by atoms with van der Waals surface area (Å²) < 4.78 is 0. The molecular formula is C17H18N4O2S. The lowest BCUT2D eigenvalue weighted by Gasteiger charge is -2.27. The van der Waals surface area contributed by atoms with Gasteiger partial charge in [-0.05, 0) is 43.7 Å². The predicted octanol–water partition coefficient (Wildman–Crippen LogP) is 2.52. The number of carbonyl (C=O) groups excluding carboxylic acids is 2. The summed E-state index contributed by atoms with van der Waals surface area (Å²) in [4.78, 5) is 27.0. The fourth-order valence-corrected chi connectivity index (χ4v) is 4.35. The molecule has 1 aliphatic carbocycles. The minimum atomic E-state index is -0.927. The highest BCUT2D eigenvalue weighted by atomic mass is 32.1. The van der Waals surface area contributed by atoms with Crippen LogP contribution in [0.1, 0.15) is 40.4 Å². The third-order valence-electron chi connectivity index (χ3n) is 4.76. The van der Waals surface area contributed by atoms with Crippen molar-refractivity contribution in [2.24, 2.45) is 0 Å². The minimum Gasteiger partial charge on any atom is -0.319 e. The van der Waals surface area contributed by atoms with E-state index in [2.05, 4.69) is 21.6 Å². The molecule has 1 aromatic heterocycles. The molecule has 2 aliphatic rings. The smallest absolute Gasteiger partial charge is 0.319 e. The second-order valence-corrected chi connectivity index (χ2v) is 7.57. The van der Waals surface area contributed by atoms with Gasteiger partial charge in [0.05, 0.1) is 6.54 Å². The maximum absolute atomic E-state index is 13.2. The number of amides is 3. The Morgan fingerprint density at radius 2 is 2.08 bits per heavy atom. The summed E-state index contributed by atoms with van der Waals surface area (Å²) >= 11 is 1.41. The van der Waals surface area contributed by atoms with E-state index >= 15 is 0 Å². The van der Waals surface area contributed by atoms with Gasteiger partial charge in [0.15, 0.2) is 0 Å². The molecule has 1 atom stereocenters. The average Bonchev–Trinajstić information content (AvgIpc) is 3.01. The summed E-state index contributed by atoms with van der Waals surface area (Å²) in [5.74, 6) is -0.172. The number of aryl methyl sites for hydroxylation is 2. The van der Waals surface area contributed by atoms with E-state index < -0.39 is 5.54 Å². The molecule has 4 rings (SSSR count). The highest BCUT2D eigenvalue weighted by molar-refractivity contribution is 7.11. The molecule has 2 aromatic rings. The van der Waals surface area contributed by atoms with Crippen molar-refractivity contribution >= 4 is 23.3 Å². The Balaban J connectivity index is 1.72. The predicted molar refractivity (Wildman–Crippen MR) is 89.4 cm³/mol. The molecule has 24 heavy (non-hydrogen) atoms. The van der Waals surface area contributed by atoms with E-state index in [1.807, 2.05) is 25.1 Å². The average molecular weight is 342 g/mol. The lowest BCUT2D eigenvalue weighted by molar-refractivity contribution is -0.132. The summed E-state index contributed by atoms with van der Waals surface area (Å²) in [5.41, 5.74) is 1.17. The summed E-state index contributed by atoms with van der Waals surface area (Å²) in [7, 11) is 0. The molecule has 1 N–H and O–H groups in total. The third kappa shape index (κ3) is 2.31. The molecule has 7 heteroatoms. The number of aromatic nitrogens is 2. The molecule has 1 unspecified atom stereocenters. The quantitative estimate of drug-likeness (QED) is 0.851. The Morgan fingerprint density at radius 3 is 2.88 bits per heavy atom. The largest absolute Gasteiger partial charge is 0.325 e. The summed E-state index contributed by atoms with van der Waals surface area (Å²) in [6, 6.07) is 7.60. The maximum Gasteiger partial charge on any atom is 0.325 e. The van der Waals surface area contributed by atoms with E-state index in [1.54, 1.807) is 0 Å². The van der Waals surface area contributed by atoms with E-state index in [1.165, 1.54) is 16.2 Å². The van der Waals surface area contributed by atoms with Crippen LogP contribution in [-0.2, 0) is 23.3 Å². The zero-order chi connectivity index (χ0) is 16.7. The number of carbonyl (C=O) groups is 2. The first-order valence-electron chi connectivity index (χ1n) is 8.12. The van der Waals surface area contributed by atoms with Crippen molar-refractivity contribution in [3.05, 3.63) is 45.4 Å². The fourth-order valence-electron chi connectivity index (χ4n) is 3.65. The van der Waals surface area contributed by atoms with Crippen LogP contribution >= 0.6 is 11.3 Å². The van der Waals surface area contributed by atoms with Crippen LogP contribution in [0.2, 0.25) is 0 Å². The first kappa shape index (κ1) is 15.3. The molecule has 1 spiro atoms. The molecule has 0 bridgehead atoms. The van der Waals surface area contributed by atoms with Gasteiger partial charge in [0.25, 0.3) is 5.91 Å². The normalized spacial score (nSPS) is 23.3. The maximum atomic E-state index is 13.2. The van der Waals surface area contributed by atoms with Gasteiger partial charge in [-0.2, -0.15) is 0 Å². The van der Waals surface area contributed by atoms with Crippen LogP contribution < -0.4 is 5.32 Å². The van der Waals surface area contributed by atoms with Crippen molar-refractivity contribution in [1.82, 2.24) is 20.4 Å². The fraction of sp³-hybridized carbons (Fsp3) is 0.412. The Bertz CT molecular complexity index is 818. The van der Waals surface area contributed by atoms with Crippen LogP contribution in [0.3, 0.4) is 0 Å². The van der Waals surface area contributed by atoms with Gasteiger partial charge in [-0.3, -0.25) is 9.69 Å². The number of rotatable bonds is 2. The van der Waals surface area contributed by atoms with Crippen molar-refractivity contribution < 1.29 is 9.59 Å². The topological polar surface area (TPSA) is 75.2 Å². The van der Waals surface area contributed by atoms with Crippen LogP contribution in [0.5, 0.6) is 0 Å². The number of hydrogen-bond donors (Lipinski definition) is 1. The molecule has 124 valence electrons. The lowest BCUT2D eigenvalue weighted by Crippen LogP contribution is -2.44. The Labute approximate surface area is 143 Å². The van der Waals surface area contributed by atoms with Crippen LogP contribution in [0.25, 0.3) is 0 Å². The molecule has 1 saturated heterocycles. The van der Waals surface area contributed by atoms with Gasteiger partial charge in [0.1, 0.15) is 15.6 Å². The number of nitrogens with zero attached hydrogens (tertiary/aromatic N) is 3. The number of nitrogens with one attached hydrogen (secondary N) is 1. The van der Waals surface area contributed by atoms with Crippen LogP contribution in [0.15, 0.2) is 24.3 Å². The highest BCUT2D eigenvalue weighted by Crippen LogP contribution is 2.39. The van der Waals surface area contributed by atoms with Crippen LogP contribution in [0.4, 0.5) is 4.79 Å². The summed E-state index contributed by atoms with van der Waals surface area (Å²) in [6.07, 6.45) is 3.51. The summed E-state index contributed by atoms with van der Waals surface area (Å²) in [6.45, 7) is 2.04. The van der Waals surface area contributed by atoms with Gasteiger partial charge < -0.3 is 5.32 Å². The molecular weight excluding hydrogens is 324 g/mol. The van der Waals surface area contributed by atoms with Crippen molar-refractivity contribution in [3.63, 3.8) is 0 Å². The first-order valence-corrected chi connectivity index (χ1v) is 8.93. The first-order chi connectivity index (χ1) is 11.6. The van der Waals surface area contributed by atoms with Gasteiger partial charge in [-0.1, -0.05) is 35.6 Å². The summed E-state index contributed by atoms with van der Waals surface area (Å²) in [5, 5.41) is 12.5. The number of imide groups is 1. The van der Waals surface area contributed by atoms with E-state index in [0.29, 0.717) is 11.4 Å². The zero-order valence-electron chi connectivity index (χ0n) is 13.4. The SMILES string of the molecule is Cc1nnc(CN2C(=O)NC3(CCCCc4ccccc43)C2=O)s1. The second kappa shape index (κ2) is 5.66. The standard InChI is InChI=1S/C17H18N4O2S/c1-11-19-20-14(24-11)10-21-15(22)17(18-16(21)23)9-5-4-7-12-6-2-3-8-13(12)17/h2-3,6,8H,4-5,7,9-10H2,1H3,(H,18,23). The molecule has 2 heterocycles. The monoisotopic (exact) mass is 342 g/mol. The van der Waals surface area contributed by atoms with Crippen molar-refractivity contribution in [2.45, 2.75) is 44.7 Å². The van der Waals surface area contributed by atoms with E-state index in [9.17, 15) is 9.59 Å². The molecule has 1 aromatic carbocycles. The van der Waals surface area contributed by atoms with Crippen LogP contribution in [0, 0.1) is 6.92 Å². The minimum absolute atomic E-state index is 0.172. The number of hydrogen-bond acceptors (Lipinski definition) is 5. The Kier molecular flexibility index (Phi) is 3.60. The second-order valence-electron chi connectivity index (χ2n) is 6.31. The van der Waals surface area contributed by atoms with Crippen molar-refractivity contribution in [1.29, 1.82) is 0 Å². The van der Waals surface area contributed by atoms with Gasteiger partial charge in [-0.15, -0.1) is 10.2 Å². The molecule has 1 fully saturated rings. The lowest BCUT2D eigenvalue weighted by atomic mass is 9.84. The van der Waals surface area contributed by atoms with Gasteiger partial charge in [0.2, 0.25) is 0 Å². The van der Waals surface area contributed by atoms with E-state index in [4.69, 9.17) is 0 Å². The van der Waals surface area contributed by atoms with Gasteiger partial charge in [-0.25, -0.2) is 4.79 Å². The van der Waals surface area contributed by atoms with E-state index in [0.717, 1.165) is 35.4 Å².